The van der Waals surface area contributed by atoms with E-state index in [1.807, 2.05) is 12.1 Å². The van der Waals surface area contributed by atoms with Gasteiger partial charge in [0.05, 0.1) is 16.9 Å². The number of aromatic nitrogens is 2. The molecule has 1 saturated heterocycles. The standard InChI is InChI=1S/C13H11Cl2N3/c14-11-8-16-13(15)17-12(11)9-3-1-4-10(7-9)18-5-2-6-18/h1,3-4,7-8H,2,5-6H2. The fraction of sp³-hybridized carbons (Fsp3) is 0.231. The second-order valence-corrected chi connectivity index (χ2v) is 4.97. The maximum absolute atomic E-state index is 6.11. The van der Waals surface area contributed by atoms with Gasteiger partial charge >= 0.3 is 0 Å². The third kappa shape index (κ3) is 2.16. The molecule has 0 atom stereocenters. The maximum atomic E-state index is 6.11. The second-order valence-electron chi connectivity index (χ2n) is 4.23. The fourth-order valence-corrected chi connectivity index (χ4v) is 2.31. The quantitative estimate of drug-likeness (QED) is 0.786. The molecule has 0 saturated carbocycles. The van der Waals surface area contributed by atoms with Crippen molar-refractivity contribution in [2.45, 2.75) is 6.42 Å². The summed E-state index contributed by atoms with van der Waals surface area (Å²) in [6, 6.07) is 8.17. The minimum Gasteiger partial charge on any atom is -0.371 e. The molecule has 0 bridgehead atoms. The van der Waals surface area contributed by atoms with E-state index in [0.29, 0.717) is 10.7 Å². The lowest BCUT2D eigenvalue weighted by atomic mass is 10.1. The van der Waals surface area contributed by atoms with Crippen molar-refractivity contribution in [1.82, 2.24) is 9.97 Å². The Morgan fingerprint density at radius 3 is 2.72 bits per heavy atom. The first kappa shape index (κ1) is 11.8. The van der Waals surface area contributed by atoms with E-state index in [1.54, 1.807) is 0 Å². The van der Waals surface area contributed by atoms with Crippen LogP contribution in [0.3, 0.4) is 0 Å². The summed E-state index contributed by atoms with van der Waals surface area (Å²) < 4.78 is 0. The van der Waals surface area contributed by atoms with Crippen LogP contribution in [0.4, 0.5) is 5.69 Å². The molecule has 0 amide bonds. The minimum absolute atomic E-state index is 0.212. The molecule has 0 unspecified atom stereocenters. The second kappa shape index (κ2) is 4.75. The van der Waals surface area contributed by atoms with E-state index in [0.717, 1.165) is 18.7 Å². The van der Waals surface area contributed by atoms with E-state index < -0.39 is 0 Å². The van der Waals surface area contributed by atoms with Crippen molar-refractivity contribution in [3.63, 3.8) is 0 Å². The highest BCUT2D eigenvalue weighted by molar-refractivity contribution is 6.33. The number of rotatable bonds is 2. The van der Waals surface area contributed by atoms with Gasteiger partial charge in [-0.3, -0.25) is 0 Å². The molecule has 1 aromatic carbocycles. The van der Waals surface area contributed by atoms with Crippen LogP contribution in [0.25, 0.3) is 11.3 Å². The summed E-state index contributed by atoms with van der Waals surface area (Å²) in [4.78, 5) is 10.4. The molecule has 3 rings (SSSR count). The van der Waals surface area contributed by atoms with Crippen molar-refractivity contribution >= 4 is 28.9 Å². The highest BCUT2D eigenvalue weighted by atomic mass is 35.5. The number of benzene rings is 1. The fourth-order valence-electron chi connectivity index (χ4n) is 1.97. The maximum Gasteiger partial charge on any atom is 0.222 e. The van der Waals surface area contributed by atoms with Gasteiger partial charge < -0.3 is 4.90 Å². The summed E-state index contributed by atoms with van der Waals surface area (Å²) in [5.41, 5.74) is 2.84. The van der Waals surface area contributed by atoms with E-state index in [2.05, 4.69) is 27.0 Å². The summed E-state index contributed by atoms with van der Waals surface area (Å²) in [5, 5.41) is 0.726. The van der Waals surface area contributed by atoms with E-state index in [4.69, 9.17) is 23.2 Å². The van der Waals surface area contributed by atoms with Crippen molar-refractivity contribution < 1.29 is 0 Å². The molecule has 1 aliphatic heterocycles. The molecule has 5 heteroatoms. The Labute approximate surface area is 115 Å². The first-order valence-corrected chi connectivity index (χ1v) is 6.53. The molecule has 0 radical (unpaired) electrons. The Kier molecular flexibility index (Phi) is 3.10. The van der Waals surface area contributed by atoms with Crippen molar-refractivity contribution in [1.29, 1.82) is 0 Å². The third-order valence-corrected chi connectivity index (χ3v) is 3.51. The zero-order chi connectivity index (χ0) is 12.5. The molecular weight excluding hydrogens is 269 g/mol. The number of nitrogens with zero attached hydrogens (tertiary/aromatic N) is 3. The Balaban J connectivity index is 2.02. The van der Waals surface area contributed by atoms with Gasteiger partial charge in [0.2, 0.25) is 5.28 Å². The predicted molar refractivity (Wildman–Crippen MR) is 74.3 cm³/mol. The lowest BCUT2D eigenvalue weighted by Crippen LogP contribution is -2.36. The predicted octanol–water partition coefficient (Wildman–Crippen LogP) is 3.66. The average molecular weight is 280 g/mol. The summed E-state index contributed by atoms with van der Waals surface area (Å²) >= 11 is 11.9. The lowest BCUT2D eigenvalue weighted by Gasteiger charge is -2.33. The van der Waals surface area contributed by atoms with Crippen molar-refractivity contribution in [2.24, 2.45) is 0 Å². The zero-order valence-electron chi connectivity index (χ0n) is 9.61. The molecule has 0 spiro atoms. The van der Waals surface area contributed by atoms with Crippen LogP contribution >= 0.6 is 23.2 Å². The van der Waals surface area contributed by atoms with Crippen LogP contribution in [-0.4, -0.2) is 23.1 Å². The number of hydrogen-bond donors (Lipinski definition) is 0. The van der Waals surface area contributed by atoms with Gasteiger partial charge in [-0.05, 0) is 30.2 Å². The zero-order valence-corrected chi connectivity index (χ0v) is 11.1. The third-order valence-electron chi connectivity index (χ3n) is 3.06. The van der Waals surface area contributed by atoms with Gasteiger partial charge in [-0.2, -0.15) is 0 Å². The Bertz CT molecular complexity index is 582. The summed E-state index contributed by atoms with van der Waals surface area (Å²) in [7, 11) is 0. The number of halogens is 2. The van der Waals surface area contributed by atoms with Crippen molar-refractivity contribution in [3.05, 3.63) is 40.8 Å². The molecule has 0 aliphatic carbocycles. The van der Waals surface area contributed by atoms with Crippen LogP contribution in [-0.2, 0) is 0 Å². The van der Waals surface area contributed by atoms with Crippen LogP contribution < -0.4 is 4.90 Å². The highest BCUT2D eigenvalue weighted by Gasteiger charge is 2.15. The van der Waals surface area contributed by atoms with Crippen LogP contribution in [0.5, 0.6) is 0 Å². The van der Waals surface area contributed by atoms with E-state index in [1.165, 1.54) is 18.3 Å². The van der Waals surface area contributed by atoms with E-state index in [9.17, 15) is 0 Å². The molecule has 2 heterocycles. The van der Waals surface area contributed by atoms with Gasteiger partial charge in [-0.1, -0.05) is 23.7 Å². The van der Waals surface area contributed by atoms with Gasteiger partial charge in [0.15, 0.2) is 0 Å². The van der Waals surface area contributed by atoms with E-state index in [-0.39, 0.29) is 5.28 Å². The molecule has 3 nitrogen and oxygen atoms in total. The smallest absolute Gasteiger partial charge is 0.222 e. The average Bonchev–Trinajstić information content (AvgIpc) is 2.30. The van der Waals surface area contributed by atoms with Crippen LogP contribution in [0.15, 0.2) is 30.5 Å². The Morgan fingerprint density at radius 1 is 1.17 bits per heavy atom. The largest absolute Gasteiger partial charge is 0.371 e. The van der Waals surface area contributed by atoms with Gasteiger partial charge in [0.25, 0.3) is 0 Å². The Hall–Kier alpha value is -1.32. The molecular formula is C13H11Cl2N3. The van der Waals surface area contributed by atoms with Gasteiger partial charge in [0, 0.05) is 24.3 Å². The van der Waals surface area contributed by atoms with E-state index >= 15 is 0 Å². The van der Waals surface area contributed by atoms with Crippen molar-refractivity contribution in [2.75, 3.05) is 18.0 Å². The van der Waals surface area contributed by atoms with Gasteiger partial charge in [0.1, 0.15) is 0 Å². The summed E-state index contributed by atoms with van der Waals surface area (Å²) in [6.45, 7) is 2.23. The molecule has 2 aromatic rings. The summed E-state index contributed by atoms with van der Waals surface area (Å²) in [6.07, 6.45) is 2.78. The van der Waals surface area contributed by atoms with Crippen LogP contribution in [0.2, 0.25) is 10.3 Å². The first-order valence-electron chi connectivity index (χ1n) is 5.77. The number of anilines is 1. The summed E-state index contributed by atoms with van der Waals surface area (Å²) in [5.74, 6) is 0. The Morgan fingerprint density at radius 2 is 2.00 bits per heavy atom. The molecule has 0 N–H and O–H groups in total. The molecule has 1 fully saturated rings. The molecule has 92 valence electrons. The highest BCUT2D eigenvalue weighted by Crippen LogP contribution is 2.30. The monoisotopic (exact) mass is 279 g/mol. The SMILES string of the molecule is Clc1ncc(Cl)c(-c2cccc(N3CCC3)c2)n1. The first-order chi connectivity index (χ1) is 8.74. The molecule has 1 aromatic heterocycles. The van der Waals surface area contributed by atoms with Crippen molar-refractivity contribution in [3.8, 4) is 11.3 Å². The lowest BCUT2D eigenvalue weighted by molar-refractivity contribution is 0.618. The minimum atomic E-state index is 0.212. The molecule has 1 aliphatic rings. The van der Waals surface area contributed by atoms with Crippen LogP contribution in [0, 0.1) is 0 Å². The van der Waals surface area contributed by atoms with Crippen LogP contribution in [0.1, 0.15) is 6.42 Å². The normalized spacial score (nSPS) is 14.4. The molecule has 18 heavy (non-hydrogen) atoms. The topological polar surface area (TPSA) is 29.0 Å². The van der Waals surface area contributed by atoms with Gasteiger partial charge in [-0.25, -0.2) is 9.97 Å². The number of hydrogen-bond acceptors (Lipinski definition) is 3. The van der Waals surface area contributed by atoms with Gasteiger partial charge in [-0.15, -0.1) is 0 Å².